The van der Waals surface area contributed by atoms with Crippen LogP contribution >= 0.6 is 23.2 Å². The van der Waals surface area contributed by atoms with E-state index in [-0.39, 0.29) is 10.6 Å². The first kappa shape index (κ1) is 17.3. The van der Waals surface area contributed by atoms with Crippen molar-refractivity contribution in [2.45, 2.75) is 13.3 Å². The number of pyridine rings is 1. The van der Waals surface area contributed by atoms with Crippen LogP contribution in [0.15, 0.2) is 36.5 Å². The Morgan fingerprint density at radius 1 is 1.24 bits per heavy atom. The lowest BCUT2D eigenvalue weighted by atomic mass is 10.2. The maximum atomic E-state index is 12.7. The number of carboxylic acid groups (broad SMARTS) is 1. The normalized spacial score (nSPS) is 10.8. The fourth-order valence-electron chi connectivity index (χ4n) is 2.51. The SMILES string of the molecule is CCc1nc2cc(Cl)ccn2c1C(=O)Nc1ccc(Cl)c(C(=O)O)c1. The lowest BCUT2D eigenvalue weighted by Crippen LogP contribution is -2.16. The molecule has 2 heterocycles. The number of fused-ring (bicyclic) bond motifs is 1. The van der Waals surface area contributed by atoms with Gasteiger partial charge >= 0.3 is 5.97 Å². The number of amides is 1. The van der Waals surface area contributed by atoms with Crippen LogP contribution in [-0.2, 0) is 6.42 Å². The molecule has 25 heavy (non-hydrogen) atoms. The molecule has 0 bridgehead atoms. The quantitative estimate of drug-likeness (QED) is 0.714. The molecule has 0 atom stereocenters. The zero-order valence-corrected chi connectivity index (χ0v) is 14.6. The Balaban J connectivity index is 2.00. The summed E-state index contributed by atoms with van der Waals surface area (Å²) in [6, 6.07) is 7.61. The number of rotatable bonds is 4. The van der Waals surface area contributed by atoms with Crippen molar-refractivity contribution in [3.8, 4) is 0 Å². The van der Waals surface area contributed by atoms with Gasteiger partial charge in [-0.15, -0.1) is 0 Å². The second-order valence-electron chi connectivity index (χ2n) is 5.29. The van der Waals surface area contributed by atoms with Crippen LogP contribution < -0.4 is 5.32 Å². The van der Waals surface area contributed by atoms with E-state index in [0.29, 0.717) is 34.2 Å². The van der Waals surface area contributed by atoms with Gasteiger partial charge in [0, 0.05) is 23.0 Å². The van der Waals surface area contributed by atoms with Gasteiger partial charge in [-0.1, -0.05) is 30.1 Å². The number of halogens is 2. The Morgan fingerprint density at radius 3 is 2.68 bits per heavy atom. The topological polar surface area (TPSA) is 83.7 Å². The molecular formula is C17H13Cl2N3O3. The number of aryl methyl sites for hydroxylation is 1. The molecule has 0 aliphatic carbocycles. The van der Waals surface area contributed by atoms with E-state index in [0.717, 1.165) is 0 Å². The van der Waals surface area contributed by atoms with Gasteiger partial charge in [0.15, 0.2) is 0 Å². The van der Waals surface area contributed by atoms with E-state index in [2.05, 4.69) is 10.3 Å². The van der Waals surface area contributed by atoms with Crippen molar-refractivity contribution in [1.29, 1.82) is 0 Å². The van der Waals surface area contributed by atoms with Gasteiger partial charge in [0.05, 0.1) is 16.3 Å². The maximum Gasteiger partial charge on any atom is 0.337 e. The predicted octanol–water partition coefficient (Wildman–Crippen LogP) is 4.15. The summed E-state index contributed by atoms with van der Waals surface area (Å²) in [6.07, 6.45) is 2.23. The second kappa shape index (κ2) is 6.74. The van der Waals surface area contributed by atoms with Crippen LogP contribution in [-0.4, -0.2) is 26.4 Å². The number of aromatic carboxylic acids is 1. The summed E-state index contributed by atoms with van der Waals surface area (Å²) >= 11 is 11.8. The van der Waals surface area contributed by atoms with E-state index in [1.54, 1.807) is 28.8 Å². The zero-order valence-electron chi connectivity index (χ0n) is 13.1. The highest BCUT2D eigenvalue weighted by Crippen LogP contribution is 2.23. The number of imidazole rings is 1. The van der Waals surface area contributed by atoms with E-state index >= 15 is 0 Å². The largest absolute Gasteiger partial charge is 0.478 e. The Morgan fingerprint density at radius 2 is 2.00 bits per heavy atom. The maximum absolute atomic E-state index is 12.7. The number of carboxylic acids is 1. The average molecular weight is 378 g/mol. The highest BCUT2D eigenvalue weighted by molar-refractivity contribution is 6.33. The second-order valence-corrected chi connectivity index (χ2v) is 6.13. The number of nitrogens with one attached hydrogen (secondary N) is 1. The smallest absolute Gasteiger partial charge is 0.337 e. The van der Waals surface area contributed by atoms with Gasteiger partial charge in [-0.05, 0) is 30.7 Å². The highest BCUT2D eigenvalue weighted by Gasteiger charge is 2.19. The van der Waals surface area contributed by atoms with Gasteiger partial charge in [0.1, 0.15) is 11.3 Å². The van der Waals surface area contributed by atoms with Crippen molar-refractivity contribution in [3.63, 3.8) is 0 Å². The van der Waals surface area contributed by atoms with E-state index < -0.39 is 11.9 Å². The number of aromatic nitrogens is 2. The number of carbonyl (C=O) groups is 2. The number of benzene rings is 1. The van der Waals surface area contributed by atoms with Crippen LogP contribution in [0, 0.1) is 0 Å². The first-order chi connectivity index (χ1) is 11.9. The van der Waals surface area contributed by atoms with Gasteiger partial charge in [0.25, 0.3) is 5.91 Å². The molecule has 3 aromatic rings. The molecule has 3 rings (SSSR count). The van der Waals surface area contributed by atoms with E-state index in [1.165, 1.54) is 12.1 Å². The molecule has 128 valence electrons. The monoisotopic (exact) mass is 377 g/mol. The van der Waals surface area contributed by atoms with Crippen LogP contribution in [0.25, 0.3) is 5.65 Å². The molecule has 2 aromatic heterocycles. The standard InChI is InChI=1S/C17H13Cl2N3O3/c1-2-13-15(22-6-5-9(18)7-14(22)21-13)16(23)20-10-3-4-12(19)11(8-10)17(24)25/h3-8H,2H2,1H3,(H,20,23)(H,24,25). The van der Waals surface area contributed by atoms with E-state index in [4.69, 9.17) is 28.3 Å². The summed E-state index contributed by atoms with van der Waals surface area (Å²) in [6.45, 7) is 1.89. The molecule has 0 spiro atoms. The first-order valence-electron chi connectivity index (χ1n) is 7.41. The third kappa shape index (κ3) is 3.31. The molecule has 0 saturated heterocycles. The first-order valence-corrected chi connectivity index (χ1v) is 8.17. The van der Waals surface area contributed by atoms with Crippen LogP contribution in [0.1, 0.15) is 33.5 Å². The summed E-state index contributed by atoms with van der Waals surface area (Å²) in [5.41, 5.74) is 1.81. The summed E-state index contributed by atoms with van der Waals surface area (Å²) in [7, 11) is 0. The van der Waals surface area contributed by atoms with Crippen molar-refractivity contribution in [2.75, 3.05) is 5.32 Å². The van der Waals surface area contributed by atoms with Gasteiger partial charge in [-0.3, -0.25) is 9.20 Å². The molecular weight excluding hydrogens is 365 g/mol. The molecule has 8 heteroatoms. The Kier molecular flexibility index (Phi) is 4.65. The van der Waals surface area contributed by atoms with Crippen molar-refractivity contribution >= 4 is 46.4 Å². The molecule has 0 saturated carbocycles. The fraction of sp³-hybridized carbons (Fsp3) is 0.118. The molecule has 0 aliphatic rings. The van der Waals surface area contributed by atoms with Gasteiger partial charge in [-0.25, -0.2) is 9.78 Å². The summed E-state index contributed by atoms with van der Waals surface area (Å²) in [5, 5.41) is 12.5. The van der Waals surface area contributed by atoms with Crippen molar-refractivity contribution in [2.24, 2.45) is 0 Å². The molecule has 6 nitrogen and oxygen atoms in total. The van der Waals surface area contributed by atoms with Crippen LogP contribution in [0.3, 0.4) is 0 Å². The van der Waals surface area contributed by atoms with E-state index in [1.807, 2.05) is 6.92 Å². The minimum Gasteiger partial charge on any atom is -0.478 e. The zero-order chi connectivity index (χ0) is 18.1. The Labute approximate surface area is 153 Å². The lowest BCUT2D eigenvalue weighted by Gasteiger charge is -2.08. The number of hydrogen-bond donors (Lipinski definition) is 2. The summed E-state index contributed by atoms with van der Waals surface area (Å²) in [5.74, 6) is -1.56. The van der Waals surface area contributed by atoms with Crippen molar-refractivity contribution < 1.29 is 14.7 Å². The molecule has 1 amide bonds. The number of nitrogens with zero attached hydrogens (tertiary/aromatic N) is 2. The third-order valence-corrected chi connectivity index (χ3v) is 4.23. The van der Waals surface area contributed by atoms with Crippen molar-refractivity contribution in [1.82, 2.24) is 9.38 Å². The number of carbonyl (C=O) groups excluding carboxylic acids is 1. The molecule has 0 unspecified atom stereocenters. The average Bonchev–Trinajstić information content (AvgIpc) is 2.93. The lowest BCUT2D eigenvalue weighted by molar-refractivity contribution is 0.0696. The van der Waals surface area contributed by atoms with E-state index in [9.17, 15) is 9.59 Å². The minimum absolute atomic E-state index is 0.0832. The fourth-order valence-corrected chi connectivity index (χ4v) is 2.87. The van der Waals surface area contributed by atoms with Gasteiger partial charge in [0.2, 0.25) is 0 Å². The summed E-state index contributed by atoms with van der Waals surface area (Å²) in [4.78, 5) is 28.3. The molecule has 1 aromatic carbocycles. The summed E-state index contributed by atoms with van der Waals surface area (Å²) < 4.78 is 1.65. The Bertz CT molecular complexity index is 998. The molecule has 0 aliphatic heterocycles. The highest BCUT2D eigenvalue weighted by atomic mass is 35.5. The van der Waals surface area contributed by atoms with Crippen LogP contribution in [0.2, 0.25) is 10.0 Å². The number of hydrogen-bond acceptors (Lipinski definition) is 3. The van der Waals surface area contributed by atoms with Crippen LogP contribution in [0.5, 0.6) is 0 Å². The molecule has 2 N–H and O–H groups in total. The molecule has 0 fully saturated rings. The van der Waals surface area contributed by atoms with Gasteiger partial charge in [-0.2, -0.15) is 0 Å². The number of anilines is 1. The van der Waals surface area contributed by atoms with Crippen molar-refractivity contribution in [3.05, 3.63) is 63.5 Å². The van der Waals surface area contributed by atoms with Gasteiger partial charge < -0.3 is 10.4 Å². The van der Waals surface area contributed by atoms with Crippen LogP contribution in [0.4, 0.5) is 5.69 Å². The Hall–Kier alpha value is -2.57. The predicted molar refractivity (Wildman–Crippen MR) is 95.9 cm³/mol. The minimum atomic E-state index is -1.17. The third-order valence-electron chi connectivity index (χ3n) is 3.66. The molecule has 0 radical (unpaired) electrons.